The van der Waals surface area contributed by atoms with Crippen molar-refractivity contribution in [1.82, 2.24) is 9.62 Å². The van der Waals surface area contributed by atoms with Crippen LogP contribution in [-0.4, -0.2) is 31.9 Å². The quantitative estimate of drug-likeness (QED) is 0.908. The van der Waals surface area contributed by atoms with Gasteiger partial charge in [0.1, 0.15) is 0 Å². The minimum atomic E-state index is -3.31. The van der Waals surface area contributed by atoms with Crippen molar-refractivity contribution < 1.29 is 8.42 Å². The Balaban J connectivity index is 2.17. The zero-order valence-corrected chi connectivity index (χ0v) is 13.4. The van der Waals surface area contributed by atoms with E-state index in [2.05, 4.69) is 12.2 Å². The average Bonchev–Trinajstić information content (AvgIpc) is 2.93. The summed E-state index contributed by atoms with van der Waals surface area (Å²) in [6, 6.07) is 1.91. The molecule has 4 nitrogen and oxygen atoms in total. The number of hydrogen-bond donors (Lipinski definition) is 1. The minimum Gasteiger partial charge on any atom is -0.312 e. The molecule has 0 bridgehead atoms. The van der Waals surface area contributed by atoms with Crippen LogP contribution in [0.5, 0.6) is 0 Å². The van der Waals surface area contributed by atoms with E-state index in [9.17, 15) is 8.42 Å². The number of nitrogens with zero attached hydrogens (tertiary/aromatic N) is 1. The molecule has 19 heavy (non-hydrogen) atoms. The SMILES string of the molecule is CCNCc1cc(S(=O)(=O)N2CC(C)CC2C)cs1. The van der Waals surface area contributed by atoms with Crippen LogP contribution < -0.4 is 5.32 Å². The van der Waals surface area contributed by atoms with Gasteiger partial charge in [0.25, 0.3) is 0 Å². The zero-order valence-electron chi connectivity index (χ0n) is 11.7. The third-order valence-electron chi connectivity index (χ3n) is 3.51. The maximum atomic E-state index is 12.6. The Bertz CT molecular complexity index is 525. The molecule has 0 aliphatic carbocycles. The molecule has 0 amide bonds. The summed E-state index contributed by atoms with van der Waals surface area (Å²) in [5.41, 5.74) is 0. The Morgan fingerprint density at radius 2 is 2.21 bits per heavy atom. The predicted molar refractivity (Wildman–Crippen MR) is 78.8 cm³/mol. The summed E-state index contributed by atoms with van der Waals surface area (Å²) in [4.78, 5) is 1.52. The third-order valence-corrected chi connectivity index (χ3v) is 6.56. The normalized spacial score (nSPS) is 25.0. The van der Waals surface area contributed by atoms with E-state index in [0.29, 0.717) is 17.4 Å². The second-order valence-corrected chi connectivity index (χ2v) is 8.18. The van der Waals surface area contributed by atoms with Gasteiger partial charge in [-0.2, -0.15) is 4.31 Å². The van der Waals surface area contributed by atoms with Gasteiger partial charge in [0, 0.05) is 29.4 Å². The summed E-state index contributed by atoms with van der Waals surface area (Å²) in [5, 5.41) is 4.98. The number of thiophene rings is 1. The van der Waals surface area contributed by atoms with Crippen molar-refractivity contribution in [2.24, 2.45) is 5.92 Å². The number of hydrogen-bond acceptors (Lipinski definition) is 4. The smallest absolute Gasteiger partial charge is 0.244 e. The average molecular weight is 302 g/mol. The molecule has 1 N–H and O–H groups in total. The van der Waals surface area contributed by atoms with Crippen molar-refractivity contribution in [2.45, 2.75) is 44.7 Å². The molecule has 2 atom stereocenters. The summed E-state index contributed by atoms with van der Waals surface area (Å²) in [6.07, 6.45) is 0.952. The first-order valence-electron chi connectivity index (χ1n) is 6.75. The molecular formula is C13H22N2O2S2. The van der Waals surface area contributed by atoms with Gasteiger partial charge in [0.05, 0.1) is 4.90 Å². The van der Waals surface area contributed by atoms with Gasteiger partial charge in [-0.05, 0) is 31.9 Å². The lowest BCUT2D eigenvalue weighted by atomic mass is 10.1. The molecular weight excluding hydrogens is 280 g/mol. The minimum absolute atomic E-state index is 0.108. The van der Waals surface area contributed by atoms with Crippen molar-refractivity contribution in [2.75, 3.05) is 13.1 Å². The first-order chi connectivity index (χ1) is 8.95. The fourth-order valence-corrected chi connectivity index (χ4v) is 5.56. The van der Waals surface area contributed by atoms with Crippen molar-refractivity contribution >= 4 is 21.4 Å². The van der Waals surface area contributed by atoms with Gasteiger partial charge in [-0.1, -0.05) is 13.8 Å². The molecule has 1 saturated heterocycles. The maximum absolute atomic E-state index is 12.6. The topological polar surface area (TPSA) is 49.4 Å². The molecule has 0 radical (unpaired) electrons. The van der Waals surface area contributed by atoms with Gasteiger partial charge in [-0.15, -0.1) is 11.3 Å². The maximum Gasteiger partial charge on any atom is 0.244 e. The van der Waals surface area contributed by atoms with Gasteiger partial charge < -0.3 is 5.32 Å². The van der Waals surface area contributed by atoms with Gasteiger partial charge in [0.2, 0.25) is 10.0 Å². The molecule has 6 heteroatoms. The van der Waals surface area contributed by atoms with Crippen LogP contribution in [0.15, 0.2) is 16.3 Å². The van der Waals surface area contributed by atoms with Gasteiger partial charge in [-0.3, -0.25) is 0 Å². The molecule has 2 unspecified atom stereocenters. The van der Waals surface area contributed by atoms with Crippen LogP contribution in [0.4, 0.5) is 0 Å². The first kappa shape index (κ1) is 15.0. The van der Waals surface area contributed by atoms with E-state index in [-0.39, 0.29) is 6.04 Å². The van der Waals surface area contributed by atoms with E-state index in [0.717, 1.165) is 24.4 Å². The number of rotatable bonds is 5. The highest BCUT2D eigenvalue weighted by Crippen LogP contribution is 2.30. The second-order valence-electron chi connectivity index (χ2n) is 5.29. The van der Waals surface area contributed by atoms with Crippen LogP contribution in [0, 0.1) is 5.92 Å². The monoisotopic (exact) mass is 302 g/mol. The van der Waals surface area contributed by atoms with E-state index in [1.807, 2.05) is 13.8 Å². The Labute approximate surface area is 119 Å². The van der Waals surface area contributed by atoms with Crippen LogP contribution in [0.3, 0.4) is 0 Å². The largest absolute Gasteiger partial charge is 0.312 e. The van der Waals surface area contributed by atoms with Crippen molar-refractivity contribution in [1.29, 1.82) is 0 Å². The number of nitrogens with one attached hydrogen (secondary N) is 1. The summed E-state index contributed by atoms with van der Waals surface area (Å²) in [6.45, 7) is 8.41. The predicted octanol–water partition coefficient (Wildman–Crippen LogP) is 2.28. The fraction of sp³-hybridized carbons (Fsp3) is 0.692. The molecule has 1 aromatic rings. The molecule has 2 rings (SSSR count). The Morgan fingerprint density at radius 1 is 1.47 bits per heavy atom. The Morgan fingerprint density at radius 3 is 2.79 bits per heavy atom. The molecule has 2 heterocycles. The second kappa shape index (κ2) is 5.91. The molecule has 108 valence electrons. The Kier molecular flexibility index (Phi) is 4.66. The lowest BCUT2D eigenvalue weighted by Crippen LogP contribution is -2.33. The van der Waals surface area contributed by atoms with E-state index in [1.54, 1.807) is 15.8 Å². The van der Waals surface area contributed by atoms with Crippen LogP contribution in [0.2, 0.25) is 0 Å². The van der Waals surface area contributed by atoms with Crippen molar-refractivity contribution in [3.05, 3.63) is 16.3 Å². The summed E-state index contributed by atoms with van der Waals surface area (Å²) in [5.74, 6) is 0.449. The highest BCUT2D eigenvalue weighted by Gasteiger charge is 2.36. The standard InChI is InChI=1S/C13H22N2O2S2/c1-4-14-7-12-6-13(9-18-12)19(16,17)15-8-10(2)5-11(15)3/h6,9-11,14H,4-5,7-8H2,1-3H3. The van der Waals surface area contributed by atoms with Gasteiger partial charge in [-0.25, -0.2) is 8.42 Å². The highest BCUT2D eigenvalue weighted by atomic mass is 32.2. The fourth-order valence-electron chi connectivity index (χ4n) is 2.57. The van der Waals surface area contributed by atoms with E-state index in [1.165, 1.54) is 11.3 Å². The molecule has 1 aliphatic rings. The van der Waals surface area contributed by atoms with Crippen LogP contribution in [-0.2, 0) is 16.6 Å². The molecule has 0 aromatic carbocycles. The molecule has 1 fully saturated rings. The summed E-state index contributed by atoms with van der Waals surface area (Å²) >= 11 is 1.51. The third kappa shape index (κ3) is 3.18. The van der Waals surface area contributed by atoms with Crippen molar-refractivity contribution in [3.63, 3.8) is 0 Å². The van der Waals surface area contributed by atoms with Gasteiger partial charge >= 0.3 is 0 Å². The first-order valence-corrected chi connectivity index (χ1v) is 9.07. The summed E-state index contributed by atoms with van der Waals surface area (Å²) in [7, 11) is -3.31. The van der Waals surface area contributed by atoms with Gasteiger partial charge in [0.15, 0.2) is 0 Å². The Hall–Kier alpha value is -0.430. The zero-order chi connectivity index (χ0) is 14.0. The number of sulfonamides is 1. The highest BCUT2D eigenvalue weighted by molar-refractivity contribution is 7.89. The lowest BCUT2D eigenvalue weighted by Gasteiger charge is -2.20. The van der Waals surface area contributed by atoms with E-state index >= 15 is 0 Å². The summed E-state index contributed by atoms with van der Waals surface area (Å²) < 4.78 is 26.8. The molecule has 0 saturated carbocycles. The molecule has 0 spiro atoms. The van der Waals surface area contributed by atoms with Crippen LogP contribution in [0.25, 0.3) is 0 Å². The van der Waals surface area contributed by atoms with Crippen LogP contribution in [0.1, 0.15) is 32.1 Å². The molecule has 1 aliphatic heterocycles. The molecule has 1 aromatic heterocycles. The van der Waals surface area contributed by atoms with Crippen molar-refractivity contribution in [3.8, 4) is 0 Å². The van der Waals surface area contributed by atoms with E-state index < -0.39 is 10.0 Å². The van der Waals surface area contributed by atoms with Crippen LogP contribution >= 0.6 is 11.3 Å². The van der Waals surface area contributed by atoms with E-state index in [4.69, 9.17) is 0 Å². The lowest BCUT2D eigenvalue weighted by molar-refractivity contribution is 0.405.